The van der Waals surface area contributed by atoms with Crippen LogP contribution in [0.4, 0.5) is 0 Å². The molecule has 9 nitrogen and oxygen atoms in total. The summed E-state index contributed by atoms with van der Waals surface area (Å²) in [5.41, 5.74) is 4.80. The van der Waals surface area contributed by atoms with Gasteiger partial charge in [-0.1, -0.05) is 93.1 Å². The number of ether oxygens (including phenoxy) is 5. The molecule has 0 aromatic heterocycles. The Bertz CT molecular complexity index is 991. The molecule has 9 heteroatoms. The number of carboxylic acid groups (broad SMARTS) is 1. The zero-order chi connectivity index (χ0) is 26.7. The van der Waals surface area contributed by atoms with Crippen molar-refractivity contribution < 1.29 is 38.4 Å². The minimum atomic E-state index is -1.28. The number of carboxylic acids is 1. The standard InChI is InChI=1S/C29H37NO8/c1-3-5-12-17-30-38-26-25(35-22(4-2)27(31)32)24-23(19-34-28(37-24)21-15-10-7-11-16-21)36-29(26)33-18-20-13-8-6-9-14-20/h4,6-11,13-16,22-26,28-30H,2-3,5,12,17-19H2,1H3,(H,31,32)/t22?,23-,24-,25+,26-,28?,29+/m1/s1. The molecule has 2 fully saturated rings. The van der Waals surface area contributed by atoms with Crippen molar-refractivity contribution >= 4 is 5.97 Å². The summed E-state index contributed by atoms with van der Waals surface area (Å²) in [6.07, 6.45) is -1.49. The molecule has 2 aromatic carbocycles. The molecular formula is C29H37NO8. The van der Waals surface area contributed by atoms with E-state index in [0.717, 1.165) is 30.4 Å². The molecule has 0 aliphatic carbocycles. The van der Waals surface area contributed by atoms with Crippen LogP contribution in [0.25, 0.3) is 0 Å². The number of benzene rings is 2. The Balaban J connectivity index is 1.58. The van der Waals surface area contributed by atoms with Crippen molar-refractivity contribution in [3.05, 3.63) is 84.4 Å². The largest absolute Gasteiger partial charge is 0.479 e. The maximum Gasteiger partial charge on any atom is 0.336 e. The fraction of sp³-hybridized carbons (Fsp3) is 0.483. The van der Waals surface area contributed by atoms with Gasteiger partial charge in [0.15, 0.2) is 24.8 Å². The Morgan fingerprint density at radius 2 is 1.84 bits per heavy atom. The minimum Gasteiger partial charge on any atom is -0.479 e. The van der Waals surface area contributed by atoms with Crippen molar-refractivity contribution in [2.24, 2.45) is 0 Å². The van der Waals surface area contributed by atoms with E-state index in [1.807, 2.05) is 60.7 Å². The van der Waals surface area contributed by atoms with E-state index in [9.17, 15) is 9.90 Å². The van der Waals surface area contributed by atoms with Gasteiger partial charge >= 0.3 is 5.97 Å². The number of rotatable bonds is 14. The monoisotopic (exact) mass is 527 g/mol. The summed E-state index contributed by atoms with van der Waals surface area (Å²) < 4.78 is 30.9. The van der Waals surface area contributed by atoms with Crippen LogP contribution in [0, 0.1) is 0 Å². The third kappa shape index (κ3) is 7.48. The van der Waals surface area contributed by atoms with Crippen LogP contribution in [0.1, 0.15) is 43.6 Å². The Labute approximate surface area is 223 Å². The highest BCUT2D eigenvalue weighted by molar-refractivity contribution is 5.74. The zero-order valence-electron chi connectivity index (χ0n) is 21.6. The maximum atomic E-state index is 11.9. The smallest absolute Gasteiger partial charge is 0.336 e. The lowest BCUT2D eigenvalue weighted by molar-refractivity contribution is -0.378. The summed E-state index contributed by atoms with van der Waals surface area (Å²) in [7, 11) is 0. The number of carbonyl (C=O) groups is 1. The Morgan fingerprint density at radius 3 is 2.53 bits per heavy atom. The molecule has 0 radical (unpaired) electrons. The van der Waals surface area contributed by atoms with E-state index in [2.05, 4.69) is 19.0 Å². The summed E-state index contributed by atoms with van der Waals surface area (Å²) >= 11 is 0. The third-order valence-electron chi connectivity index (χ3n) is 6.48. The van der Waals surface area contributed by atoms with Crippen molar-refractivity contribution in [3.63, 3.8) is 0 Å². The zero-order valence-corrected chi connectivity index (χ0v) is 21.6. The number of unbranched alkanes of at least 4 members (excludes halogenated alkanes) is 2. The summed E-state index contributed by atoms with van der Waals surface area (Å²) in [5.74, 6) is -1.16. The van der Waals surface area contributed by atoms with Gasteiger partial charge in [-0.15, -0.1) is 0 Å². The lowest BCUT2D eigenvalue weighted by Crippen LogP contribution is -2.65. The van der Waals surface area contributed by atoms with Gasteiger partial charge in [-0.2, -0.15) is 0 Å². The van der Waals surface area contributed by atoms with Gasteiger partial charge in [0.25, 0.3) is 0 Å². The molecular weight excluding hydrogens is 490 g/mol. The van der Waals surface area contributed by atoms with E-state index in [-0.39, 0.29) is 13.2 Å². The topological polar surface area (TPSA) is 105 Å². The van der Waals surface area contributed by atoms with Crippen LogP contribution in [0.2, 0.25) is 0 Å². The van der Waals surface area contributed by atoms with Crippen LogP contribution >= 0.6 is 0 Å². The average molecular weight is 528 g/mol. The predicted octanol–water partition coefficient (Wildman–Crippen LogP) is 4.15. The second-order valence-electron chi connectivity index (χ2n) is 9.30. The van der Waals surface area contributed by atoms with Gasteiger partial charge < -0.3 is 28.8 Å². The van der Waals surface area contributed by atoms with Crippen molar-refractivity contribution in [1.29, 1.82) is 0 Å². The molecule has 0 spiro atoms. The molecule has 2 aromatic rings. The van der Waals surface area contributed by atoms with Crippen LogP contribution in [0.3, 0.4) is 0 Å². The predicted molar refractivity (Wildman–Crippen MR) is 139 cm³/mol. The van der Waals surface area contributed by atoms with Gasteiger partial charge in [-0.3, -0.25) is 4.84 Å². The van der Waals surface area contributed by atoms with Gasteiger partial charge in [0, 0.05) is 12.1 Å². The molecule has 7 atom stereocenters. The first-order valence-corrected chi connectivity index (χ1v) is 13.1. The minimum absolute atomic E-state index is 0.206. The molecule has 2 N–H and O–H groups in total. The molecule has 2 heterocycles. The van der Waals surface area contributed by atoms with Crippen molar-refractivity contribution in [1.82, 2.24) is 5.48 Å². The van der Waals surface area contributed by atoms with E-state index in [0.29, 0.717) is 6.54 Å². The third-order valence-corrected chi connectivity index (χ3v) is 6.48. The fourth-order valence-electron chi connectivity index (χ4n) is 4.48. The van der Waals surface area contributed by atoms with Gasteiger partial charge in [0.1, 0.15) is 18.3 Å². The number of hydrogen-bond donors (Lipinski definition) is 2. The SMILES string of the molecule is C=CC(O[C@@H]1[C@@H](ONCCCCC)[C@@H](OCc2ccccc2)O[C@@H]2COC(c3ccccc3)O[C@@H]12)C(=O)O. The summed E-state index contributed by atoms with van der Waals surface area (Å²) in [5, 5.41) is 9.73. The summed E-state index contributed by atoms with van der Waals surface area (Å²) in [6, 6.07) is 19.2. The van der Waals surface area contributed by atoms with Crippen LogP contribution in [0.5, 0.6) is 0 Å². The lowest BCUT2D eigenvalue weighted by Gasteiger charge is -2.49. The average Bonchev–Trinajstić information content (AvgIpc) is 2.95. The van der Waals surface area contributed by atoms with Crippen molar-refractivity contribution in [3.8, 4) is 0 Å². The first kappa shape index (κ1) is 28.4. The van der Waals surface area contributed by atoms with Gasteiger partial charge in [-0.25, -0.2) is 10.3 Å². The fourth-order valence-corrected chi connectivity index (χ4v) is 4.48. The number of aliphatic carboxylic acids is 1. The van der Waals surface area contributed by atoms with Crippen LogP contribution in [0.15, 0.2) is 73.3 Å². The van der Waals surface area contributed by atoms with Crippen LogP contribution in [-0.4, -0.2) is 61.0 Å². The number of nitrogens with one attached hydrogen (secondary N) is 1. The quantitative estimate of drug-likeness (QED) is 0.213. The molecule has 2 unspecified atom stereocenters. The van der Waals surface area contributed by atoms with E-state index in [1.54, 1.807) is 0 Å². The van der Waals surface area contributed by atoms with Gasteiger partial charge in [-0.05, 0) is 12.0 Å². The molecule has 0 saturated carbocycles. The molecule has 0 bridgehead atoms. The highest BCUT2D eigenvalue weighted by Crippen LogP contribution is 2.37. The van der Waals surface area contributed by atoms with E-state index in [1.165, 1.54) is 6.08 Å². The molecule has 0 amide bonds. The van der Waals surface area contributed by atoms with Gasteiger partial charge in [0.05, 0.1) is 13.2 Å². The summed E-state index contributed by atoms with van der Waals surface area (Å²) in [4.78, 5) is 18.0. The first-order valence-electron chi connectivity index (χ1n) is 13.1. The van der Waals surface area contributed by atoms with Crippen molar-refractivity contribution in [2.75, 3.05) is 13.2 Å². The molecule has 2 aliphatic rings. The number of hydroxylamine groups is 1. The highest BCUT2D eigenvalue weighted by Gasteiger charge is 2.53. The number of hydrogen-bond acceptors (Lipinski definition) is 8. The Morgan fingerprint density at radius 1 is 1.11 bits per heavy atom. The molecule has 2 aliphatic heterocycles. The van der Waals surface area contributed by atoms with E-state index >= 15 is 0 Å². The maximum absolute atomic E-state index is 11.9. The molecule has 206 valence electrons. The second kappa shape index (κ2) is 14.5. The van der Waals surface area contributed by atoms with Crippen LogP contribution in [-0.2, 0) is 39.9 Å². The Kier molecular flexibility index (Phi) is 10.8. The Hall–Kier alpha value is -2.63. The molecule has 4 rings (SSSR count). The second-order valence-corrected chi connectivity index (χ2v) is 9.30. The van der Waals surface area contributed by atoms with Crippen LogP contribution < -0.4 is 5.48 Å². The number of fused-ring (bicyclic) bond motifs is 1. The first-order chi connectivity index (χ1) is 18.6. The van der Waals surface area contributed by atoms with Gasteiger partial charge in [0.2, 0.25) is 0 Å². The van der Waals surface area contributed by atoms with E-state index < -0.39 is 49.1 Å². The normalized spacial score (nSPS) is 27.8. The lowest BCUT2D eigenvalue weighted by atomic mass is 9.97. The molecule has 2 saturated heterocycles. The molecule has 38 heavy (non-hydrogen) atoms. The highest BCUT2D eigenvalue weighted by atomic mass is 16.8. The van der Waals surface area contributed by atoms with Crippen molar-refractivity contribution in [2.45, 2.75) is 75.9 Å². The van der Waals surface area contributed by atoms with E-state index in [4.69, 9.17) is 28.5 Å². The summed E-state index contributed by atoms with van der Waals surface area (Å²) in [6.45, 7) is 6.85.